The van der Waals surface area contributed by atoms with Crippen LogP contribution in [-0.2, 0) is 0 Å². The molecule has 0 aliphatic carbocycles. The fraction of sp³-hybridized carbons (Fsp3) is 1.00. The summed E-state index contributed by atoms with van der Waals surface area (Å²) in [5.74, 6) is 0. The summed E-state index contributed by atoms with van der Waals surface area (Å²) in [4.78, 5) is 0. The summed E-state index contributed by atoms with van der Waals surface area (Å²) >= 11 is 0. The van der Waals surface area contributed by atoms with Gasteiger partial charge in [0, 0.05) is 9.52 Å². The van der Waals surface area contributed by atoms with Crippen LogP contribution in [0, 0.1) is 0 Å². The highest BCUT2D eigenvalue weighted by Gasteiger charge is 1.94. The zero-order valence-electron chi connectivity index (χ0n) is 15.2. The summed E-state index contributed by atoms with van der Waals surface area (Å²) in [6.07, 6.45) is 23.5. The van der Waals surface area contributed by atoms with Gasteiger partial charge in [-0.25, -0.2) is 0 Å². The van der Waals surface area contributed by atoms with Crippen LogP contribution in [0.3, 0.4) is 0 Å². The summed E-state index contributed by atoms with van der Waals surface area (Å²) in [5, 5.41) is 0. The van der Waals surface area contributed by atoms with E-state index in [1.165, 1.54) is 124 Å². The van der Waals surface area contributed by atoms with Gasteiger partial charge in [-0.1, -0.05) is 129 Å². The number of unbranched alkanes of at least 4 members (excludes halogenated alkanes) is 14. The number of hydrogen-bond donors (Lipinski definition) is 0. The van der Waals surface area contributed by atoms with Gasteiger partial charge in [0.15, 0.2) is 0 Å². The van der Waals surface area contributed by atoms with E-state index in [4.69, 9.17) is 0 Å². The summed E-state index contributed by atoms with van der Waals surface area (Å²) in [7, 11) is 1.25. The molecular formula is C20H42Si. The Balaban J connectivity index is 2.90. The lowest BCUT2D eigenvalue weighted by atomic mass is 10.0. The molecule has 0 atom stereocenters. The fourth-order valence-corrected chi connectivity index (χ4v) is 4.22. The summed E-state index contributed by atoms with van der Waals surface area (Å²) in [6.45, 7) is 4.60. The van der Waals surface area contributed by atoms with Gasteiger partial charge in [-0.15, -0.1) is 0 Å². The van der Waals surface area contributed by atoms with Crippen molar-refractivity contribution in [2.24, 2.45) is 0 Å². The highest BCUT2D eigenvalue weighted by Crippen LogP contribution is 2.13. The van der Waals surface area contributed by atoms with E-state index in [0.29, 0.717) is 0 Å². The first-order chi connectivity index (χ1) is 10.4. The van der Waals surface area contributed by atoms with Crippen LogP contribution < -0.4 is 0 Å². The Morgan fingerprint density at radius 2 is 0.714 bits per heavy atom. The molecule has 21 heavy (non-hydrogen) atoms. The monoisotopic (exact) mass is 310 g/mol. The molecule has 0 aliphatic heterocycles. The first kappa shape index (κ1) is 21.2. The van der Waals surface area contributed by atoms with Crippen molar-refractivity contribution in [2.45, 2.75) is 129 Å². The maximum absolute atomic E-state index is 2.30. The zero-order valence-corrected chi connectivity index (χ0v) is 16.2. The number of rotatable bonds is 18. The minimum absolute atomic E-state index is 1.25. The lowest BCUT2D eigenvalue weighted by molar-refractivity contribution is 0.538. The first-order valence-corrected chi connectivity index (χ1v) is 11.5. The van der Waals surface area contributed by atoms with Gasteiger partial charge in [0.25, 0.3) is 0 Å². The van der Waals surface area contributed by atoms with E-state index in [9.17, 15) is 0 Å². The van der Waals surface area contributed by atoms with Gasteiger partial charge in [0.2, 0.25) is 0 Å². The van der Waals surface area contributed by atoms with Crippen molar-refractivity contribution in [1.82, 2.24) is 0 Å². The van der Waals surface area contributed by atoms with Crippen molar-refractivity contribution in [1.29, 1.82) is 0 Å². The summed E-state index contributed by atoms with van der Waals surface area (Å²) in [6, 6.07) is 3.01. The smallest absolute Gasteiger partial charge is 0.0378 e. The lowest BCUT2D eigenvalue weighted by Gasteiger charge is -2.03. The van der Waals surface area contributed by atoms with Crippen LogP contribution >= 0.6 is 0 Å². The molecule has 0 N–H and O–H groups in total. The first-order valence-electron chi connectivity index (χ1n) is 10.1. The Labute approximate surface area is 138 Å². The van der Waals surface area contributed by atoms with E-state index in [1.54, 1.807) is 0 Å². The van der Waals surface area contributed by atoms with E-state index in [0.717, 1.165) is 0 Å². The standard InChI is InChI=1S/C20H42Si/c1-3-5-7-8-9-10-11-12-13-14-15-16-17-18-20-21-19-6-4-2/h3-20H2,1-2H3. The van der Waals surface area contributed by atoms with Gasteiger partial charge in [-0.2, -0.15) is 0 Å². The zero-order chi connectivity index (χ0) is 15.4. The normalized spacial score (nSPS) is 11.1. The third kappa shape index (κ3) is 20.2. The van der Waals surface area contributed by atoms with Gasteiger partial charge < -0.3 is 0 Å². The Hall–Kier alpha value is 0.217. The predicted octanol–water partition coefficient (Wildman–Crippen LogP) is 7.81. The van der Waals surface area contributed by atoms with Crippen molar-refractivity contribution in [3.8, 4) is 0 Å². The molecule has 0 heterocycles. The highest BCUT2D eigenvalue weighted by atomic mass is 28.2. The average molecular weight is 311 g/mol. The molecule has 0 saturated carbocycles. The molecule has 0 nitrogen and oxygen atoms in total. The van der Waals surface area contributed by atoms with Crippen LogP contribution in [0.1, 0.15) is 117 Å². The molecule has 0 aromatic carbocycles. The molecule has 0 saturated heterocycles. The molecule has 0 aromatic rings. The Morgan fingerprint density at radius 3 is 1.14 bits per heavy atom. The molecular weight excluding hydrogens is 268 g/mol. The van der Waals surface area contributed by atoms with Gasteiger partial charge in [0.1, 0.15) is 0 Å². The van der Waals surface area contributed by atoms with E-state index < -0.39 is 0 Å². The molecule has 0 aliphatic rings. The molecule has 1 heteroatoms. The van der Waals surface area contributed by atoms with Gasteiger partial charge in [0.05, 0.1) is 0 Å². The summed E-state index contributed by atoms with van der Waals surface area (Å²) < 4.78 is 0. The maximum atomic E-state index is 2.30. The van der Waals surface area contributed by atoms with Gasteiger partial charge in [-0.05, 0) is 0 Å². The Kier molecular flexibility index (Phi) is 20.4. The van der Waals surface area contributed by atoms with Crippen molar-refractivity contribution >= 4 is 9.52 Å². The molecule has 0 rings (SSSR count). The third-order valence-corrected chi connectivity index (χ3v) is 5.83. The topological polar surface area (TPSA) is 0 Å². The molecule has 126 valence electrons. The second-order valence-electron chi connectivity index (χ2n) is 6.70. The molecule has 0 spiro atoms. The molecule has 0 bridgehead atoms. The van der Waals surface area contributed by atoms with E-state index in [1.807, 2.05) is 0 Å². The largest absolute Gasteiger partial charge is 0.0654 e. The van der Waals surface area contributed by atoms with Crippen LogP contribution in [0.15, 0.2) is 0 Å². The minimum Gasteiger partial charge on any atom is -0.0654 e. The van der Waals surface area contributed by atoms with E-state index >= 15 is 0 Å². The molecule has 0 unspecified atom stereocenters. The van der Waals surface area contributed by atoms with Crippen LogP contribution in [0.25, 0.3) is 0 Å². The lowest BCUT2D eigenvalue weighted by Crippen LogP contribution is -1.89. The third-order valence-electron chi connectivity index (χ3n) is 4.41. The Morgan fingerprint density at radius 1 is 0.381 bits per heavy atom. The van der Waals surface area contributed by atoms with Crippen molar-refractivity contribution < 1.29 is 0 Å². The minimum atomic E-state index is 1.25. The second kappa shape index (κ2) is 20.2. The molecule has 0 aromatic heterocycles. The van der Waals surface area contributed by atoms with Crippen LogP contribution in [0.4, 0.5) is 0 Å². The van der Waals surface area contributed by atoms with Crippen LogP contribution in [0.5, 0.6) is 0 Å². The highest BCUT2D eigenvalue weighted by molar-refractivity contribution is 6.35. The SMILES string of the molecule is CCCCCCCCCCCCCCCC[Si]CCCC. The maximum Gasteiger partial charge on any atom is 0.0378 e. The van der Waals surface area contributed by atoms with E-state index in [2.05, 4.69) is 13.8 Å². The van der Waals surface area contributed by atoms with Gasteiger partial charge >= 0.3 is 0 Å². The second-order valence-corrected chi connectivity index (χ2v) is 8.20. The predicted molar refractivity (Wildman–Crippen MR) is 101 cm³/mol. The quantitative estimate of drug-likeness (QED) is 0.179. The molecule has 2 radical (unpaired) electrons. The summed E-state index contributed by atoms with van der Waals surface area (Å²) in [5.41, 5.74) is 0. The van der Waals surface area contributed by atoms with Crippen molar-refractivity contribution in [3.63, 3.8) is 0 Å². The average Bonchev–Trinajstić information content (AvgIpc) is 2.50. The van der Waals surface area contributed by atoms with Gasteiger partial charge in [-0.3, -0.25) is 0 Å². The Bertz CT molecular complexity index is 149. The van der Waals surface area contributed by atoms with Crippen molar-refractivity contribution in [3.05, 3.63) is 0 Å². The van der Waals surface area contributed by atoms with E-state index in [-0.39, 0.29) is 0 Å². The fourth-order valence-electron chi connectivity index (χ4n) is 2.87. The van der Waals surface area contributed by atoms with Crippen LogP contribution in [0.2, 0.25) is 12.1 Å². The number of hydrogen-bond acceptors (Lipinski definition) is 0. The van der Waals surface area contributed by atoms with Crippen LogP contribution in [-0.4, -0.2) is 9.52 Å². The molecule has 0 amide bonds. The van der Waals surface area contributed by atoms with Crippen molar-refractivity contribution in [2.75, 3.05) is 0 Å². The molecule has 0 fully saturated rings.